The Hall–Kier alpha value is -4.76. The number of para-hydroxylation sites is 1. The first-order valence-electron chi connectivity index (χ1n) is 14.9. The molecule has 230 valence electrons. The number of benzene rings is 3. The zero-order valence-electron chi connectivity index (χ0n) is 25.5. The van der Waals surface area contributed by atoms with E-state index in [1.807, 2.05) is 43.3 Å². The van der Waals surface area contributed by atoms with E-state index in [0.717, 1.165) is 18.7 Å². The highest BCUT2D eigenvalue weighted by atomic mass is 16.5. The number of aliphatic hydroxyl groups is 1. The summed E-state index contributed by atoms with van der Waals surface area (Å²) in [7, 11) is 1.52. The average molecular weight is 599 g/mol. The molecule has 44 heavy (non-hydrogen) atoms. The topological polar surface area (TPSA) is 102 Å². The number of furan rings is 1. The minimum Gasteiger partial charge on any atom is -0.503 e. The number of fused-ring (bicyclic) bond motifs is 1. The number of ketones is 1. The summed E-state index contributed by atoms with van der Waals surface area (Å²) in [5, 5.41) is 11.9. The van der Waals surface area contributed by atoms with E-state index >= 15 is 0 Å². The highest BCUT2D eigenvalue weighted by Gasteiger charge is 2.44. The molecule has 4 aromatic rings. The average Bonchev–Trinajstić information content (AvgIpc) is 3.60. The number of Topliss-reactive ketones (excluding diaryl/α,β-unsaturated/α-hetero) is 1. The van der Waals surface area contributed by atoms with Gasteiger partial charge in [-0.05, 0) is 55.4 Å². The van der Waals surface area contributed by atoms with Crippen molar-refractivity contribution in [3.63, 3.8) is 0 Å². The number of methoxy groups -OCH3 is 1. The molecule has 1 aromatic heterocycles. The molecule has 1 atom stereocenters. The van der Waals surface area contributed by atoms with Gasteiger partial charge in [-0.2, -0.15) is 0 Å². The minimum absolute atomic E-state index is 0.00212. The molecule has 0 bridgehead atoms. The van der Waals surface area contributed by atoms with E-state index in [2.05, 4.69) is 18.7 Å². The second-order valence-electron chi connectivity index (χ2n) is 10.4. The highest BCUT2D eigenvalue weighted by Crippen LogP contribution is 2.42. The molecule has 1 aliphatic heterocycles. The van der Waals surface area contributed by atoms with Gasteiger partial charge in [0.2, 0.25) is 5.78 Å². The molecule has 0 aliphatic carbocycles. The second kappa shape index (κ2) is 13.7. The summed E-state index contributed by atoms with van der Waals surface area (Å²) in [5.41, 5.74) is 1.98. The van der Waals surface area contributed by atoms with Gasteiger partial charge in [0.1, 0.15) is 6.61 Å². The van der Waals surface area contributed by atoms with Gasteiger partial charge < -0.3 is 33.5 Å². The van der Waals surface area contributed by atoms with E-state index < -0.39 is 23.5 Å². The normalized spacial score (nSPS) is 15.0. The molecule has 0 saturated carbocycles. The first kappa shape index (κ1) is 30.7. The number of carbonyl (C=O) groups excluding carboxylic acids is 2. The van der Waals surface area contributed by atoms with Crippen LogP contribution in [-0.4, -0.2) is 66.5 Å². The summed E-state index contributed by atoms with van der Waals surface area (Å²) in [6, 6.07) is 21.2. The molecule has 0 saturated heterocycles. The molecule has 9 nitrogen and oxygen atoms in total. The van der Waals surface area contributed by atoms with Crippen molar-refractivity contribution in [3.8, 4) is 17.2 Å². The Kier molecular flexibility index (Phi) is 9.55. The minimum atomic E-state index is -0.872. The maximum Gasteiger partial charge on any atom is 0.290 e. The van der Waals surface area contributed by atoms with Gasteiger partial charge in [0, 0.05) is 18.5 Å². The summed E-state index contributed by atoms with van der Waals surface area (Å²) in [4.78, 5) is 31.4. The maximum atomic E-state index is 14.1. The van der Waals surface area contributed by atoms with Crippen molar-refractivity contribution in [2.24, 2.45) is 0 Å². The predicted molar refractivity (Wildman–Crippen MR) is 167 cm³/mol. The number of ether oxygens (including phenoxy) is 3. The van der Waals surface area contributed by atoms with Crippen molar-refractivity contribution in [2.75, 3.05) is 39.9 Å². The number of hydrogen-bond acceptors (Lipinski definition) is 8. The van der Waals surface area contributed by atoms with Gasteiger partial charge in [-0.1, -0.05) is 62.4 Å². The van der Waals surface area contributed by atoms with Crippen LogP contribution in [0.5, 0.6) is 17.2 Å². The molecule has 1 aliphatic rings. The lowest BCUT2D eigenvalue weighted by Gasteiger charge is -2.29. The Balaban J connectivity index is 1.54. The fourth-order valence-corrected chi connectivity index (χ4v) is 5.51. The SMILES string of the molecule is CCOc1cc(C2C(C(=O)c3cc4cccc(OC)c4o3)=C(O)C(=O)N2CCN(CC)CC)ccc1OCc1ccccc1. The van der Waals surface area contributed by atoms with Gasteiger partial charge in [-0.25, -0.2) is 0 Å². The molecule has 0 radical (unpaired) electrons. The molecule has 3 aromatic carbocycles. The van der Waals surface area contributed by atoms with E-state index in [0.29, 0.717) is 60.1 Å². The molecule has 5 rings (SSSR count). The van der Waals surface area contributed by atoms with Crippen LogP contribution in [0.1, 0.15) is 48.5 Å². The maximum absolute atomic E-state index is 14.1. The summed E-state index contributed by atoms with van der Waals surface area (Å²) >= 11 is 0. The van der Waals surface area contributed by atoms with Crippen LogP contribution < -0.4 is 14.2 Å². The van der Waals surface area contributed by atoms with Gasteiger partial charge in [0.15, 0.2) is 34.4 Å². The van der Waals surface area contributed by atoms with Crippen molar-refractivity contribution in [1.29, 1.82) is 0 Å². The van der Waals surface area contributed by atoms with Crippen LogP contribution in [0.25, 0.3) is 11.0 Å². The molecule has 9 heteroatoms. The summed E-state index contributed by atoms with van der Waals surface area (Å²) in [6.07, 6.45) is 0. The monoisotopic (exact) mass is 598 g/mol. The Morgan fingerprint density at radius 1 is 0.932 bits per heavy atom. The van der Waals surface area contributed by atoms with Gasteiger partial charge >= 0.3 is 0 Å². The molecule has 1 N–H and O–H groups in total. The molecule has 1 unspecified atom stereocenters. The first-order chi connectivity index (χ1) is 21.4. The number of carbonyl (C=O) groups is 2. The number of hydrogen-bond donors (Lipinski definition) is 1. The van der Waals surface area contributed by atoms with E-state index in [1.54, 1.807) is 41.3 Å². The van der Waals surface area contributed by atoms with Crippen LogP contribution in [0.15, 0.2) is 88.5 Å². The van der Waals surface area contributed by atoms with E-state index in [4.69, 9.17) is 18.6 Å². The molecule has 2 heterocycles. The molecule has 1 amide bonds. The Labute approximate surface area is 257 Å². The molecule has 0 fully saturated rings. The molecular formula is C35H38N2O7. The van der Waals surface area contributed by atoms with Gasteiger partial charge in [0.25, 0.3) is 5.91 Å². The zero-order valence-corrected chi connectivity index (χ0v) is 25.5. The van der Waals surface area contributed by atoms with E-state index in [9.17, 15) is 14.7 Å². The van der Waals surface area contributed by atoms with Crippen LogP contribution in [-0.2, 0) is 11.4 Å². The highest BCUT2D eigenvalue weighted by molar-refractivity contribution is 6.16. The van der Waals surface area contributed by atoms with Crippen LogP contribution >= 0.6 is 0 Å². The third-order valence-corrected chi connectivity index (χ3v) is 7.87. The Morgan fingerprint density at radius 2 is 1.70 bits per heavy atom. The first-order valence-corrected chi connectivity index (χ1v) is 14.9. The number of likely N-dealkylation sites (N-methyl/N-ethyl adjacent to an activating group) is 1. The smallest absolute Gasteiger partial charge is 0.290 e. The third kappa shape index (κ3) is 6.14. The number of amides is 1. The lowest BCUT2D eigenvalue weighted by Crippen LogP contribution is -2.38. The summed E-state index contributed by atoms with van der Waals surface area (Å²) in [5.74, 6) is -0.287. The van der Waals surface area contributed by atoms with Crippen molar-refractivity contribution < 1.29 is 33.3 Å². The predicted octanol–water partition coefficient (Wildman–Crippen LogP) is 6.34. The fourth-order valence-electron chi connectivity index (χ4n) is 5.51. The quantitative estimate of drug-likeness (QED) is 0.168. The fraction of sp³-hybridized carbons (Fsp3) is 0.314. The van der Waals surface area contributed by atoms with Gasteiger partial charge in [0.05, 0.1) is 25.3 Å². The Bertz CT molecular complexity index is 1660. The van der Waals surface area contributed by atoms with Gasteiger partial charge in [-0.15, -0.1) is 0 Å². The second-order valence-corrected chi connectivity index (χ2v) is 10.4. The van der Waals surface area contributed by atoms with Crippen molar-refractivity contribution in [2.45, 2.75) is 33.4 Å². The van der Waals surface area contributed by atoms with Crippen LogP contribution in [0, 0.1) is 0 Å². The molecular weight excluding hydrogens is 560 g/mol. The standard InChI is InChI=1S/C35H38N2O7/c1-5-36(6-2)18-19-37-31(24-16-17-26(28(20-24)42-7-3)43-22-23-12-9-8-10-13-23)30(33(39)35(37)40)32(38)29-21-25-14-11-15-27(41-4)34(25)44-29/h8-17,20-21,31,39H,5-7,18-19,22H2,1-4H3. The van der Waals surface area contributed by atoms with E-state index in [1.165, 1.54) is 7.11 Å². The van der Waals surface area contributed by atoms with Crippen molar-refractivity contribution in [1.82, 2.24) is 9.80 Å². The summed E-state index contributed by atoms with van der Waals surface area (Å²) in [6.45, 7) is 9.19. The number of rotatable bonds is 14. The van der Waals surface area contributed by atoms with Crippen molar-refractivity contribution >= 4 is 22.7 Å². The third-order valence-electron chi connectivity index (χ3n) is 7.87. The largest absolute Gasteiger partial charge is 0.503 e. The Morgan fingerprint density at radius 3 is 2.41 bits per heavy atom. The summed E-state index contributed by atoms with van der Waals surface area (Å²) < 4.78 is 23.4. The molecule has 0 spiro atoms. The van der Waals surface area contributed by atoms with Crippen molar-refractivity contribution in [3.05, 3.63) is 101 Å². The lowest BCUT2D eigenvalue weighted by molar-refractivity contribution is -0.129. The number of aliphatic hydroxyl groups excluding tert-OH is 1. The van der Waals surface area contributed by atoms with Crippen LogP contribution in [0.2, 0.25) is 0 Å². The van der Waals surface area contributed by atoms with Crippen LogP contribution in [0.4, 0.5) is 0 Å². The van der Waals surface area contributed by atoms with Gasteiger partial charge in [-0.3, -0.25) is 9.59 Å². The zero-order chi connectivity index (χ0) is 31.2. The lowest BCUT2D eigenvalue weighted by atomic mass is 9.94. The van der Waals surface area contributed by atoms with E-state index in [-0.39, 0.29) is 11.3 Å². The number of nitrogens with zero attached hydrogens (tertiary/aromatic N) is 2. The van der Waals surface area contributed by atoms with Crippen LogP contribution in [0.3, 0.4) is 0 Å².